The van der Waals surface area contributed by atoms with Crippen LogP contribution < -0.4 is 5.32 Å². The summed E-state index contributed by atoms with van der Waals surface area (Å²) in [5, 5.41) is 3.10. The zero-order chi connectivity index (χ0) is 17.1. The Kier molecular flexibility index (Phi) is 5.05. The van der Waals surface area contributed by atoms with Gasteiger partial charge in [-0.1, -0.05) is 0 Å². The molecule has 2 aromatic heterocycles. The first kappa shape index (κ1) is 16.6. The van der Waals surface area contributed by atoms with Gasteiger partial charge in [0.15, 0.2) is 0 Å². The third-order valence-corrected chi connectivity index (χ3v) is 6.20. The minimum atomic E-state index is -0.0461. The van der Waals surface area contributed by atoms with E-state index in [1.807, 2.05) is 36.0 Å². The fraction of sp³-hybridized carbons (Fsp3) is 0.333. The molecule has 1 aliphatic rings. The Morgan fingerprint density at radius 1 is 1.32 bits per heavy atom. The highest BCUT2D eigenvalue weighted by atomic mass is 32.2. The number of aromatic nitrogens is 1. The lowest BCUT2D eigenvalue weighted by molar-refractivity contribution is 0.0935. The van der Waals surface area contributed by atoms with Gasteiger partial charge in [-0.2, -0.15) is 11.8 Å². The summed E-state index contributed by atoms with van der Waals surface area (Å²) >= 11 is 3.53. The molecule has 3 heterocycles. The Hall–Kier alpha value is -1.83. The number of thiazole rings is 1. The number of carbonyl (C=O) groups is 1. The molecule has 1 N–H and O–H groups in total. The highest BCUT2D eigenvalue weighted by Gasteiger charge is 2.24. The number of rotatable bonds is 5. The quantitative estimate of drug-likeness (QED) is 0.743. The number of nitrogens with zero attached hydrogens (tertiary/aromatic N) is 2. The minimum Gasteiger partial charge on any atom is -0.472 e. The largest absolute Gasteiger partial charge is 0.472 e. The first-order valence-electron chi connectivity index (χ1n) is 8.26. The summed E-state index contributed by atoms with van der Waals surface area (Å²) in [6, 6.07) is 7.78. The van der Waals surface area contributed by atoms with E-state index in [1.54, 1.807) is 29.4 Å². The molecule has 4 rings (SSSR count). The lowest BCUT2D eigenvalue weighted by atomic mass is 10.1. The van der Waals surface area contributed by atoms with Crippen molar-refractivity contribution < 1.29 is 9.21 Å². The molecule has 0 bridgehead atoms. The summed E-state index contributed by atoms with van der Waals surface area (Å²) in [6.07, 6.45) is 3.47. The van der Waals surface area contributed by atoms with Crippen LogP contribution >= 0.6 is 23.1 Å². The van der Waals surface area contributed by atoms with E-state index in [2.05, 4.69) is 15.2 Å². The number of benzene rings is 1. The second-order valence-corrected chi connectivity index (χ2v) is 8.08. The molecule has 5 nitrogen and oxygen atoms in total. The van der Waals surface area contributed by atoms with Crippen LogP contribution in [0.4, 0.5) is 0 Å². The molecule has 7 heteroatoms. The molecular weight excluding hydrogens is 354 g/mol. The van der Waals surface area contributed by atoms with Crippen LogP contribution in [0.5, 0.6) is 0 Å². The Bertz CT molecular complexity index is 841. The zero-order valence-corrected chi connectivity index (χ0v) is 15.3. The van der Waals surface area contributed by atoms with Crippen LogP contribution in [0.25, 0.3) is 10.2 Å². The second kappa shape index (κ2) is 7.59. The van der Waals surface area contributed by atoms with E-state index < -0.39 is 0 Å². The summed E-state index contributed by atoms with van der Waals surface area (Å²) in [6.45, 7) is 2.64. The Balaban J connectivity index is 1.47. The van der Waals surface area contributed by atoms with Gasteiger partial charge >= 0.3 is 0 Å². The molecule has 3 aromatic rings. The average molecular weight is 374 g/mol. The zero-order valence-electron chi connectivity index (χ0n) is 13.7. The number of amides is 1. The minimum absolute atomic E-state index is 0.0461. The lowest BCUT2D eigenvalue weighted by Gasteiger charge is -2.34. The predicted octanol–water partition coefficient (Wildman–Crippen LogP) is 3.41. The van der Waals surface area contributed by atoms with E-state index in [-0.39, 0.29) is 11.9 Å². The van der Waals surface area contributed by atoms with E-state index in [0.29, 0.717) is 12.1 Å². The fourth-order valence-corrected chi connectivity index (χ4v) is 4.75. The van der Waals surface area contributed by atoms with E-state index in [0.717, 1.165) is 40.4 Å². The number of thioether (sulfide) groups is 1. The van der Waals surface area contributed by atoms with Crippen LogP contribution in [0.2, 0.25) is 0 Å². The maximum Gasteiger partial charge on any atom is 0.251 e. The van der Waals surface area contributed by atoms with E-state index >= 15 is 0 Å². The SMILES string of the molecule is O=C(NC[C@H](c1ccoc1)N1CCSCC1)c1ccc2ncsc2c1. The van der Waals surface area contributed by atoms with Gasteiger partial charge in [0.1, 0.15) is 0 Å². The lowest BCUT2D eigenvalue weighted by Crippen LogP contribution is -2.41. The first-order chi connectivity index (χ1) is 12.3. The van der Waals surface area contributed by atoms with Crippen LogP contribution in [-0.2, 0) is 0 Å². The third-order valence-electron chi connectivity index (χ3n) is 4.46. The van der Waals surface area contributed by atoms with Crippen LogP contribution in [-0.4, -0.2) is 46.9 Å². The van der Waals surface area contributed by atoms with Crippen LogP contribution in [0.3, 0.4) is 0 Å². The van der Waals surface area contributed by atoms with Gasteiger partial charge in [-0.05, 0) is 24.3 Å². The molecule has 0 aliphatic carbocycles. The summed E-state index contributed by atoms with van der Waals surface area (Å²) < 4.78 is 6.30. The van der Waals surface area contributed by atoms with E-state index in [1.165, 1.54) is 0 Å². The molecule has 1 aromatic carbocycles. The molecule has 0 radical (unpaired) electrons. The van der Waals surface area contributed by atoms with Crippen molar-refractivity contribution in [2.24, 2.45) is 0 Å². The molecular formula is C18H19N3O2S2. The number of fused-ring (bicyclic) bond motifs is 1. The molecule has 0 unspecified atom stereocenters. The van der Waals surface area contributed by atoms with Crippen molar-refractivity contribution in [1.29, 1.82) is 0 Å². The van der Waals surface area contributed by atoms with Gasteiger partial charge in [-0.3, -0.25) is 9.69 Å². The van der Waals surface area contributed by atoms with Gasteiger partial charge < -0.3 is 9.73 Å². The van der Waals surface area contributed by atoms with Crippen molar-refractivity contribution >= 4 is 39.2 Å². The van der Waals surface area contributed by atoms with Crippen molar-refractivity contribution in [3.8, 4) is 0 Å². The fourth-order valence-electron chi connectivity index (χ4n) is 3.10. The maximum atomic E-state index is 12.6. The molecule has 0 saturated carbocycles. The highest BCUT2D eigenvalue weighted by molar-refractivity contribution is 7.99. The number of carbonyl (C=O) groups excluding carboxylic acids is 1. The molecule has 25 heavy (non-hydrogen) atoms. The summed E-state index contributed by atoms with van der Waals surface area (Å²) in [5.74, 6) is 2.21. The first-order valence-corrected chi connectivity index (χ1v) is 10.3. The highest BCUT2D eigenvalue weighted by Crippen LogP contribution is 2.24. The molecule has 1 fully saturated rings. The Morgan fingerprint density at radius 2 is 2.20 bits per heavy atom. The van der Waals surface area contributed by atoms with Crippen LogP contribution in [0.1, 0.15) is 22.0 Å². The molecule has 0 spiro atoms. The Morgan fingerprint density at radius 3 is 3.00 bits per heavy atom. The summed E-state index contributed by atoms with van der Waals surface area (Å²) in [5.41, 5.74) is 4.53. The average Bonchev–Trinajstić information content (AvgIpc) is 3.34. The number of hydrogen-bond donors (Lipinski definition) is 1. The Labute approximate surface area is 154 Å². The molecule has 1 aliphatic heterocycles. The molecule has 1 amide bonds. The van der Waals surface area contributed by atoms with Crippen LogP contribution in [0.15, 0.2) is 46.7 Å². The number of hydrogen-bond acceptors (Lipinski definition) is 6. The van der Waals surface area contributed by atoms with Crippen molar-refractivity contribution in [3.63, 3.8) is 0 Å². The van der Waals surface area contributed by atoms with Crippen molar-refractivity contribution in [3.05, 3.63) is 53.4 Å². The van der Waals surface area contributed by atoms with Gasteiger partial charge in [0.2, 0.25) is 0 Å². The molecule has 1 saturated heterocycles. The molecule has 130 valence electrons. The number of furan rings is 1. The van der Waals surface area contributed by atoms with E-state index in [9.17, 15) is 4.79 Å². The van der Waals surface area contributed by atoms with Gasteiger partial charge in [0.25, 0.3) is 5.91 Å². The standard InChI is InChI=1S/C18H19N3O2S2/c22-18(13-1-2-15-17(9-13)25-12-20-15)19-10-16(14-3-6-23-11-14)21-4-7-24-8-5-21/h1-3,6,9,11-12,16H,4-5,7-8,10H2,(H,19,22)/t16-/m1/s1. The smallest absolute Gasteiger partial charge is 0.251 e. The topological polar surface area (TPSA) is 58.4 Å². The normalized spacial score (nSPS) is 16.8. The number of nitrogens with one attached hydrogen (secondary N) is 1. The second-order valence-electron chi connectivity index (χ2n) is 5.97. The van der Waals surface area contributed by atoms with Gasteiger partial charge in [0.05, 0.1) is 34.3 Å². The van der Waals surface area contributed by atoms with Crippen molar-refractivity contribution in [2.75, 3.05) is 31.1 Å². The van der Waals surface area contributed by atoms with Gasteiger partial charge in [-0.25, -0.2) is 4.98 Å². The third kappa shape index (κ3) is 3.73. The van der Waals surface area contributed by atoms with Crippen LogP contribution in [0, 0.1) is 0 Å². The van der Waals surface area contributed by atoms with Crippen molar-refractivity contribution in [2.45, 2.75) is 6.04 Å². The summed E-state index contributed by atoms with van der Waals surface area (Å²) in [7, 11) is 0. The van der Waals surface area contributed by atoms with E-state index in [4.69, 9.17) is 4.42 Å². The predicted molar refractivity (Wildman–Crippen MR) is 102 cm³/mol. The molecule has 1 atom stereocenters. The summed E-state index contributed by atoms with van der Waals surface area (Å²) in [4.78, 5) is 19.3. The maximum absolute atomic E-state index is 12.6. The van der Waals surface area contributed by atoms with Gasteiger partial charge in [-0.15, -0.1) is 11.3 Å². The van der Waals surface area contributed by atoms with Crippen molar-refractivity contribution in [1.82, 2.24) is 15.2 Å². The van der Waals surface area contributed by atoms with Gasteiger partial charge in [0, 0.05) is 42.3 Å². The monoisotopic (exact) mass is 373 g/mol.